The highest BCUT2D eigenvalue weighted by Gasteiger charge is 2.13. The van der Waals surface area contributed by atoms with Gasteiger partial charge in [0.25, 0.3) is 0 Å². The minimum atomic E-state index is 0.662. The van der Waals surface area contributed by atoms with E-state index in [9.17, 15) is 0 Å². The molecule has 0 N–H and O–H groups in total. The Labute approximate surface area is 90.9 Å². The van der Waals surface area contributed by atoms with Gasteiger partial charge in [-0.1, -0.05) is 26.3 Å². The Morgan fingerprint density at radius 3 is 2.93 bits per heavy atom. The molecular weight excluding hydrogens is 184 g/mol. The van der Waals surface area contributed by atoms with E-state index in [-0.39, 0.29) is 0 Å². The van der Waals surface area contributed by atoms with E-state index in [1.165, 1.54) is 30.3 Å². The molecular formula is C13H18N2. The van der Waals surface area contributed by atoms with Crippen LogP contribution in [0.5, 0.6) is 0 Å². The molecule has 2 nitrogen and oxygen atoms in total. The SMILES string of the molecule is CCCC(CC)c1cnn2ccccc12. The summed E-state index contributed by atoms with van der Waals surface area (Å²) in [6, 6.07) is 6.25. The van der Waals surface area contributed by atoms with E-state index in [1.807, 2.05) is 23.0 Å². The average Bonchev–Trinajstić information content (AvgIpc) is 2.70. The summed E-state index contributed by atoms with van der Waals surface area (Å²) in [5.74, 6) is 0.662. The van der Waals surface area contributed by atoms with Gasteiger partial charge in [-0.25, -0.2) is 4.52 Å². The van der Waals surface area contributed by atoms with Crippen LogP contribution in [-0.2, 0) is 0 Å². The van der Waals surface area contributed by atoms with E-state index in [1.54, 1.807) is 0 Å². The molecule has 0 bridgehead atoms. The van der Waals surface area contributed by atoms with Crippen LogP contribution < -0.4 is 0 Å². The van der Waals surface area contributed by atoms with E-state index in [0.29, 0.717) is 5.92 Å². The molecule has 2 heterocycles. The third-order valence-corrected chi connectivity index (χ3v) is 3.03. The molecule has 2 rings (SSSR count). The van der Waals surface area contributed by atoms with Crippen molar-refractivity contribution in [3.8, 4) is 0 Å². The number of pyridine rings is 1. The van der Waals surface area contributed by atoms with Crippen molar-refractivity contribution in [2.24, 2.45) is 0 Å². The second kappa shape index (κ2) is 4.47. The molecule has 0 aliphatic rings. The average molecular weight is 202 g/mol. The van der Waals surface area contributed by atoms with Crippen LogP contribution in [0.4, 0.5) is 0 Å². The highest BCUT2D eigenvalue weighted by molar-refractivity contribution is 5.54. The molecule has 0 fully saturated rings. The van der Waals surface area contributed by atoms with Crippen molar-refractivity contribution in [1.29, 1.82) is 0 Å². The molecule has 0 aliphatic carbocycles. The van der Waals surface area contributed by atoms with Gasteiger partial charge in [0.2, 0.25) is 0 Å². The number of fused-ring (bicyclic) bond motifs is 1. The molecule has 80 valence electrons. The first kappa shape index (κ1) is 10.2. The minimum Gasteiger partial charge on any atom is -0.241 e. The summed E-state index contributed by atoms with van der Waals surface area (Å²) >= 11 is 0. The van der Waals surface area contributed by atoms with Crippen LogP contribution >= 0.6 is 0 Å². The Hall–Kier alpha value is -1.31. The Morgan fingerprint density at radius 1 is 1.33 bits per heavy atom. The van der Waals surface area contributed by atoms with Crippen molar-refractivity contribution in [2.75, 3.05) is 0 Å². The van der Waals surface area contributed by atoms with Gasteiger partial charge in [-0.3, -0.25) is 0 Å². The zero-order valence-electron chi connectivity index (χ0n) is 9.48. The molecule has 1 atom stereocenters. The fourth-order valence-electron chi connectivity index (χ4n) is 2.20. The zero-order chi connectivity index (χ0) is 10.7. The van der Waals surface area contributed by atoms with E-state index in [2.05, 4.69) is 31.1 Å². The van der Waals surface area contributed by atoms with Gasteiger partial charge in [0.05, 0.1) is 11.7 Å². The molecule has 0 saturated heterocycles. The number of hydrogen-bond acceptors (Lipinski definition) is 1. The predicted octanol–water partition coefficient (Wildman–Crippen LogP) is 3.63. The molecule has 0 amide bonds. The van der Waals surface area contributed by atoms with E-state index in [0.717, 1.165) is 0 Å². The van der Waals surface area contributed by atoms with E-state index < -0.39 is 0 Å². The lowest BCUT2D eigenvalue weighted by Crippen LogP contribution is -1.96. The quantitative estimate of drug-likeness (QED) is 0.740. The lowest BCUT2D eigenvalue weighted by Gasteiger charge is -2.11. The molecule has 0 spiro atoms. The molecule has 1 unspecified atom stereocenters. The molecule has 2 aromatic rings. The number of hydrogen-bond donors (Lipinski definition) is 0. The maximum absolute atomic E-state index is 4.39. The van der Waals surface area contributed by atoms with Crippen LogP contribution in [0.1, 0.15) is 44.6 Å². The molecule has 0 aliphatic heterocycles. The fourth-order valence-corrected chi connectivity index (χ4v) is 2.20. The summed E-state index contributed by atoms with van der Waals surface area (Å²) in [6.07, 6.45) is 7.73. The highest BCUT2D eigenvalue weighted by Crippen LogP contribution is 2.27. The van der Waals surface area contributed by atoms with Crippen molar-refractivity contribution < 1.29 is 0 Å². The van der Waals surface area contributed by atoms with Crippen LogP contribution in [-0.4, -0.2) is 9.61 Å². The first-order valence-electron chi connectivity index (χ1n) is 5.79. The van der Waals surface area contributed by atoms with Crippen molar-refractivity contribution >= 4 is 5.52 Å². The van der Waals surface area contributed by atoms with Gasteiger partial charge in [0.1, 0.15) is 0 Å². The number of rotatable bonds is 4. The first-order valence-corrected chi connectivity index (χ1v) is 5.79. The topological polar surface area (TPSA) is 17.3 Å². The Kier molecular flexibility index (Phi) is 3.05. The lowest BCUT2D eigenvalue weighted by atomic mass is 9.93. The molecule has 15 heavy (non-hydrogen) atoms. The molecule has 0 radical (unpaired) electrons. The third kappa shape index (κ3) is 1.89. The third-order valence-electron chi connectivity index (χ3n) is 3.03. The van der Waals surface area contributed by atoms with Crippen LogP contribution in [0.2, 0.25) is 0 Å². The molecule has 0 aromatic carbocycles. The summed E-state index contributed by atoms with van der Waals surface area (Å²) in [5, 5.41) is 4.39. The lowest BCUT2D eigenvalue weighted by molar-refractivity contribution is 0.599. The van der Waals surface area contributed by atoms with Gasteiger partial charge >= 0.3 is 0 Å². The number of aromatic nitrogens is 2. The van der Waals surface area contributed by atoms with Crippen molar-refractivity contribution in [2.45, 2.75) is 39.0 Å². The predicted molar refractivity (Wildman–Crippen MR) is 63.1 cm³/mol. The van der Waals surface area contributed by atoms with Gasteiger partial charge in [-0.15, -0.1) is 0 Å². The first-order chi connectivity index (χ1) is 7.36. The van der Waals surface area contributed by atoms with E-state index in [4.69, 9.17) is 0 Å². The Morgan fingerprint density at radius 2 is 2.20 bits per heavy atom. The molecule has 2 aromatic heterocycles. The zero-order valence-corrected chi connectivity index (χ0v) is 9.48. The largest absolute Gasteiger partial charge is 0.241 e. The van der Waals surface area contributed by atoms with Gasteiger partial charge < -0.3 is 0 Å². The summed E-state index contributed by atoms with van der Waals surface area (Å²) < 4.78 is 1.97. The van der Waals surface area contributed by atoms with Gasteiger partial charge in [0, 0.05) is 11.8 Å². The normalized spacial score (nSPS) is 13.2. The van der Waals surface area contributed by atoms with Crippen molar-refractivity contribution in [1.82, 2.24) is 9.61 Å². The summed E-state index contributed by atoms with van der Waals surface area (Å²) in [4.78, 5) is 0. The van der Waals surface area contributed by atoms with Crippen LogP contribution in [0.3, 0.4) is 0 Å². The summed E-state index contributed by atoms with van der Waals surface area (Å²) in [6.45, 7) is 4.50. The summed E-state index contributed by atoms with van der Waals surface area (Å²) in [7, 11) is 0. The smallest absolute Gasteiger partial charge is 0.0696 e. The van der Waals surface area contributed by atoms with Gasteiger partial charge in [0.15, 0.2) is 0 Å². The van der Waals surface area contributed by atoms with Crippen LogP contribution in [0.25, 0.3) is 5.52 Å². The number of nitrogens with zero attached hydrogens (tertiary/aromatic N) is 2. The second-order valence-corrected chi connectivity index (χ2v) is 4.02. The monoisotopic (exact) mass is 202 g/mol. The van der Waals surface area contributed by atoms with E-state index >= 15 is 0 Å². The fraction of sp³-hybridized carbons (Fsp3) is 0.462. The van der Waals surface area contributed by atoms with Crippen LogP contribution in [0.15, 0.2) is 30.6 Å². The van der Waals surface area contributed by atoms with Crippen molar-refractivity contribution in [3.05, 3.63) is 36.2 Å². The maximum atomic E-state index is 4.39. The second-order valence-electron chi connectivity index (χ2n) is 4.02. The van der Waals surface area contributed by atoms with Crippen molar-refractivity contribution in [3.63, 3.8) is 0 Å². The standard InChI is InChI=1S/C13H18N2/c1-3-7-11(4-2)12-10-14-15-9-6-5-8-13(12)15/h5-6,8-11H,3-4,7H2,1-2H3. The molecule has 2 heteroatoms. The highest BCUT2D eigenvalue weighted by atomic mass is 15.2. The summed E-state index contributed by atoms with van der Waals surface area (Å²) in [5.41, 5.74) is 2.66. The minimum absolute atomic E-state index is 0.662. The Balaban J connectivity index is 2.41. The van der Waals surface area contributed by atoms with Gasteiger partial charge in [-0.2, -0.15) is 5.10 Å². The maximum Gasteiger partial charge on any atom is 0.0696 e. The van der Waals surface area contributed by atoms with Gasteiger partial charge in [-0.05, 0) is 30.9 Å². The van der Waals surface area contributed by atoms with Crippen LogP contribution in [0, 0.1) is 0 Å². The Bertz CT molecular complexity index is 431. The molecule has 0 saturated carbocycles.